The Bertz CT molecular complexity index is 419. The molecule has 0 saturated heterocycles. The van der Waals surface area contributed by atoms with Gasteiger partial charge < -0.3 is 0 Å². The first-order valence-corrected chi connectivity index (χ1v) is 6.52. The average Bonchev–Trinajstić information content (AvgIpc) is 1.94. The predicted octanol–water partition coefficient (Wildman–Crippen LogP) is 2.66. The zero-order valence-electron chi connectivity index (χ0n) is 6.30. The molecule has 0 aliphatic heterocycles. The van der Waals surface area contributed by atoms with Crippen LogP contribution in [0.25, 0.3) is 0 Å². The smallest absolute Gasteiger partial charge is 0.212 e. The monoisotopic (exact) mass is 286 g/mol. The second-order valence-corrected chi connectivity index (χ2v) is 6.05. The predicted molar refractivity (Wildman–Crippen MR) is 52.6 cm³/mol. The minimum atomic E-state index is -3.64. The Morgan fingerprint density at radius 1 is 1.46 bits per heavy atom. The maximum atomic E-state index is 12.7. The van der Waals surface area contributed by atoms with Crippen LogP contribution in [0.15, 0.2) is 22.7 Å². The van der Waals surface area contributed by atoms with Crippen molar-refractivity contribution in [1.29, 1.82) is 0 Å². The van der Waals surface area contributed by atoms with E-state index in [-0.39, 0.29) is 5.75 Å². The van der Waals surface area contributed by atoms with Crippen molar-refractivity contribution in [2.24, 2.45) is 0 Å². The maximum Gasteiger partial charge on any atom is 0.236 e. The van der Waals surface area contributed by atoms with E-state index in [0.29, 0.717) is 10.0 Å². The molecule has 0 aliphatic carbocycles. The SMILES string of the molecule is O=S(=O)(Cl)Cc1cc(F)ccc1Br. The summed E-state index contributed by atoms with van der Waals surface area (Å²) in [4.78, 5) is 0. The quantitative estimate of drug-likeness (QED) is 0.784. The lowest BCUT2D eigenvalue weighted by Gasteiger charge is -2.01. The fraction of sp³-hybridized carbons (Fsp3) is 0.143. The van der Waals surface area contributed by atoms with Gasteiger partial charge in [0.25, 0.3) is 0 Å². The number of rotatable bonds is 2. The van der Waals surface area contributed by atoms with Gasteiger partial charge in [0.1, 0.15) is 5.82 Å². The number of benzene rings is 1. The van der Waals surface area contributed by atoms with Crippen molar-refractivity contribution in [1.82, 2.24) is 0 Å². The van der Waals surface area contributed by atoms with Gasteiger partial charge in [-0.25, -0.2) is 12.8 Å². The van der Waals surface area contributed by atoms with E-state index in [4.69, 9.17) is 10.7 Å². The molecule has 0 radical (unpaired) electrons. The average molecular weight is 288 g/mol. The first kappa shape index (κ1) is 10.9. The zero-order valence-corrected chi connectivity index (χ0v) is 9.46. The molecule has 0 bridgehead atoms. The number of halogens is 3. The molecule has 0 aromatic heterocycles. The molecule has 13 heavy (non-hydrogen) atoms. The Labute approximate surface area is 88.3 Å². The van der Waals surface area contributed by atoms with Gasteiger partial charge in [-0.1, -0.05) is 15.9 Å². The number of hydrogen-bond donors (Lipinski definition) is 0. The van der Waals surface area contributed by atoms with Crippen LogP contribution in [-0.2, 0) is 14.8 Å². The summed E-state index contributed by atoms with van der Waals surface area (Å²) in [5.41, 5.74) is 0.315. The van der Waals surface area contributed by atoms with Crippen molar-refractivity contribution in [3.8, 4) is 0 Å². The lowest BCUT2D eigenvalue weighted by molar-refractivity contribution is 0.607. The van der Waals surface area contributed by atoms with E-state index in [1.54, 1.807) is 0 Å². The van der Waals surface area contributed by atoms with Crippen molar-refractivity contribution >= 4 is 35.7 Å². The topological polar surface area (TPSA) is 34.1 Å². The van der Waals surface area contributed by atoms with Gasteiger partial charge in [0.15, 0.2) is 0 Å². The van der Waals surface area contributed by atoms with Gasteiger partial charge in [-0.15, -0.1) is 0 Å². The summed E-state index contributed by atoms with van der Waals surface area (Å²) in [6, 6.07) is 3.80. The molecular weight excluding hydrogens is 282 g/mol. The van der Waals surface area contributed by atoms with E-state index in [1.807, 2.05) is 0 Å². The molecule has 1 aromatic carbocycles. The van der Waals surface area contributed by atoms with Gasteiger partial charge >= 0.3 is 0 Å². The van der Waals surface area contributed by atoms with Gasteiger partial charge in [-0.05, 0) is 23.8 Å². The van der Waals surface area contributed by atoms with Crippen LogP contribution in [0.5, 0.6) is 0 Å². The molecule has 72 valence electrons. The van der Waals surface area contributed by atoms with Gasteiger partial charge in [0.2, 0.25) is 9.05 Å². The Kier molecular flexibility index (Phi) is 3.32. The largest absolute Gasteiger partial charge is 0.236 e. The fourth-order valence-corrected chi connectivity index (χ4v) is 2.38. The Morgan fingerprint density at radius 2 is 2.08 bits per heavy atom. The lowest BCUT2D eigenvalue weighted by atomic mass is 10.2. The highest BCUT2D eigenvalue weighted by atomic mass is 79.9. The minimum absolute atomic E-state index is 0.315. The fourth-order valence-electron chi connectivity index (χ4n) is 0.840. The molecule has 0 aliphatic rings. The summed E-state index contributed by atoms with van der Waals surface area (Å²) in [6.45, 7) is 0. The third-order valence-electron chi connectivity index (χ3n) is 1.34. The summed E-state index contributed by atoms with van der Waals surface area (Å²) >= 11 is 3.09. The van der Waals surface area contributed by atoms with Crippen LogP contribution >= 0.6 is 26.6 Å². The molecule has 2 nitrogen and oxygen atoms in total. The summed E-state index contributed by atoms with van der Waals surface area (Å²) in [7, 11) is 1.38. The van der Waals surface area contributed by atoms with Crippen LogP contribution < -0.4 is 0 Å². The van der Waals surface area contributed by atoms with Crippen molar-refractivity contribution in [3.05, 3.63) is 34.1 Å². The lowest BCUT2D eigenvalue weighted by Crippen LogP contribution is -1.96. The summed E-state index contributed by atoms with van der Waals surface area (Å²) in [5, 5.41) is 0. The molecule has 0 amide bonds. The van der Waals surface area contributed by atoms with E-state index in [1.165, 1.54) is 12.1 Å². The summed E-state index contributed by atoms with van der Waals surface area (Å²) in [6.07, 6.45) is 0. The van der Waals surface area contributed by atoms with Crippen LogP contribution in [-0.4, -0.2) is 8.42 Å². The highest BCUT2D eigenvalue weighted by Crippen LogP contribution is 2.21. The minimum Gasteiger partial charge on any atom is -0.212 e. The molecule has 0 saturated carbocycles. The first-order chi connectivity index (χ1) is 5.88. The van der Waals surface area contributed by atoms with E-state index >= 15 is 0 Å². The second kappa shape index (κ2) is 3.94. The molecule has 0 fully saturated rings. The van der Waals surface area contributed by atoms with Crippen LogP contribution in [0.2, 0.25) is 0 Å². The van der Waals surface area contributed by atoms with Crippen molar-refractivity contribution in [3.63, 3.8) is 0 Å². The molecule has 0 N–H and O–H groups in total. The van der Waals surface area contributed by atoms with Crippen LogP contribution in [0.3, 0.4) is 0 Å². The van der Waals surface area contributed by atoms with E-state index in [2.05, 4.69) is 15.9 Å². The van der Waals surface area contributed by atoms with E-state index in [0.717, 1.165) is 6.07 Å². The van der Waals surface area contributed by atoms with Crippen molar-refractivity contribution < 1.29 is 12.8 Å². The van der Waals surface area contributed by atoms with Gasteiger partial charge in [-0.2, -0.15) is 0 Å². The van der Waals surface area contributed by atoms with Crippen molar-refractivity contribution in [2.45, 2.75) is 5.75 Å². The molecule has 1 rings (SSSR count). The zero-order chi connectivity index (χ0) is 10.1. The van der Waals surface area contributed by atoms with Crippen LogP contribution in [0, 0.1) is 5.82 Å². The number of hydrogen-bond acceptors (Lipinski definition) is 2. The van der Waals surface area contributed by atoms with Crippen molar-refractivity contribution in [2.75, 3.05) is 0 Å². The van der Waals surface area contributed by atoms with Gasteiger partial charge in [0, 0.05) is 15.2 Å². The third-order valence-corrected chi connectivity index (χ3v) is 3.09. The van der Waals surface area contributed by atoms with Gasteiger partial charge in [-0.3, -0.25) is 0 Å². The molecule has 6 heteroatoms. The van der Waals surface area contributed by atoms with E-state index in [9.17, 15) is 12.8 Å². The molecule has 0 atom stereocenters. The summed E-state index contributed by atoms with van der Waals surface area (Å²) in [5.74, 6) is -0.870. The molecule has 1 aromatic rings. The molecule has 0 heterocycles. The molecule has 0 spiro atoms. The first-order valence-electron chi connectivity index (χ1n) is 3.25. The Hall–Kier alpha value is -0.130. The normalized spacial score (nSPS) is 11.6. The Morgan fingerprint density at radius 3 is 2.62 bits per heavy atom. The third kappa shape index (κ3) is 3.62. The highest BCUT2D eigenvalue weighted by molar-refractivity contribution is 9.10. The van der Waals surface area contributed by atoms with Crippen LogP contribution in [0.1, 0.15) is 5.56 Å². The van der Waals surface area contributed by atoms with Gasteiger partial charge in [0.05, 0.1) is 5.75 Å². The van der Waals surface area contributed by atoms with E-state index < -0.39 is 14.9 Å². The van der Waals surface area contributed by atoms with Crippen LogP contribution in [0.4, 0.5) is 4.39 Å². The second-order valence-electron chi connectivity index (χ2n) is 2.42. The molecular formula is C7H5BrClFO2S. The summed E-state index contributed by atoms with van der Waals surface area (Å²) < 4.78 is 34.6. The maximum absolute atomic E-state index is 12.7. The molecule has 0 unspecified atom stereocenters. The standard InChI is InChI=1S/C7H5BrClFO2S/c8-7-2-1-6(10)3-5(7)4-13(9,11)12/h1-3H,4H2. The Balaban J connectivity index is 3.08. The highest BCUT2D eigenvalue weighted by Gasteiger charge is 2.10.